The molecular formula is C18H23N. The first kappa shape index (κ1) is 12.7. The van der Waals surface area contributed by atoms with E-state index in [1.54, 1.807) is 5.56 Å². The molecule has 19 heavy (non-hydrogen) atoms. The summed E-state index contributed by atoms with van der Waals surface area (Å²) in [6, 6.07) is 7.27. The smallest absolute Gasteiger partial charge is 0.0689 e. The average molecular weight is 253 g/mol. The minimum Gasteiger partial charge on any atom is -0.198 e. The van der Waals surface area contributed by atoms with Gasteiger partial charge >= 0.3 is 0 Å². The van der Waals surface area contributed by atoms with Crippen LogP contribution >= 0.6 is 0 Å². The van der Waals surface area contributed by atoms with Gasteiger partial charge in [0.25, 0.3) is 0 Å². The molecule has 0 N–H and O–H groups in total. The molecule has 0 aromatic heterocycles. The molecule has 0 radical (unpaired) electrons. The van der Waals surface area contributed by atoms with E-state index in [4.69, 9.17) is 0 Å². The van der Waals surface area contributed by atoms with Crippen LogP contribution in [0.15, 0.2) is 12.1 Å². The molecule has 1 heteroatoms. The summed E-state index contributed by atoms with van der Waals surface area (Å²) in [4.78, 5) is 0. The Morgan fingerprint density at radius 3 is 1.79 bits per heavy atom. The van der Waals surface area contributed by atoms with Gasteiger partial charge in [-0.05, 0) is 81.4 Å². The van der Waals surface area contributed by atoms with Gasteiger partial charge in [0.15, 0.2) is 0 Å². The third kappa shape index (κ3) is 1.81. The molecule has 0 spiro atoms. The first-order valence-corrected chi connectivity index (χ1v) is 7.50. The van der Waals surface area contributed by atoms with Crippen molar-refractivity contribution in [3.05, 3.63) is 34.4 Å². The molecule has 1 aromatic rings. The molecule has 3 aliphatic carbocycles. The summed E-state index contributed by atoms with van der Waals surface area (Å²) in [6.07, 6.45) is 6.96. The third-order valence-corrected chi connectivity index (χ3v) is 5.69. The van der Waals surface area contributed by atoms with E-state index in [1.165, 1.54) is 36.0 Å². The molecule has 0 unspecified atom stereocenters. The van der Waals surface area contributed by atoms with E-state index < -0.39 is 0 Å². The summed E-state index contributed by atoms with van der Waals surface area (Å²) in [5.74, 6) is 0. The molecule has 0 heterocycles. The minimum atomic E-state index is 0.0221. The lowest BCUT2D eigenvalue weighted by Crippen LogP contribution is -2.44. The second-order valence-corrected chi connectivity index (χ2v) is 6.95. The van der Waals surface area contributed by atoms with Crippen LogP contribution in [0.4, 0.5) is 0 Å². The van der Waals surface area contributed by atoms with E-state index in [2.05, 4.69) is 39.0 Å². The predicted octanol–water partition coefficient (Wildman–Crippen LogP) is 4.73. The first-order chi connectivity index (χ1) is 9.00. The lowest BCUT2D eigenvalue weighted by Gasteiger charge is -2.51. The molecule has 0 atom stereocenters. The molecule has 1 nitrogen and oxygen atoms in total. The van der Waals surface area contributed by atoms with E-state index in [0.29, 0.717) is 5.41 Å². The largest absolute Gasteiger partial charge is 0.198 e. The average Bonchev–Trinajstić information content (AvgIpc) is 2.39. The quantitative estimate of drug-likeness (QED) is 0.710. The fourth-order valence-corrected chi connectivity index (χ4v) is 4.74. The SMILES string of the molecule is Cc1cc(C)c(C23CCC(C#N)(CC2)CC3)c(C)c1. The summed E-state index contributed by atoms with van der Waals surface area (Å²) in [5.41, 5.74) is 6.29. The standard InChI is InChI=1S/C18H23N/c1-13-10-14(2)16(15(3)11-13)18-7-4-17(12-19,5-8-18)6-9-18/h10-11H,4-9H2,1-3H3. The van der Waals surface area contributed by atoms with E-state index in [0.717, 1.165) is 19.3 Å². The van der Waals surface area contributed by atoms with Crippen molar-refractivity contribution in [1.29, 1.82) is 5.26 Å². The van der Waals surface area contributed by atoms with Crippen LogP contribution in [0.5, 0.6) is 0 Å². The zero-order valence-corrected chi connectivity index (χ0v) is 12.3. The molecule has 3 fully saturated rings. The van der Waals surface area contributed by atoms with Gasteiger partial charge in [0.05, 0.1) is 11.5 Å². The lowest BCUT2D eigenvalue weighted by atomic mass is 9.51. The number of fused-ring (bicyclic) bond motifs is 3. The number of nitrogens with zero attached hydrogens (tertiary/aromatic N) is 1. The van der Waals surface area contributed by atoms with Crippen LogP contribution in [0.25, 0.3) is 0 Å². The maximum absolute atomic E-state index is 9.42. The monoisotopic (exact) mass is 253 g/mol. The summed E-state index contributed by atoms with van der Waals surface area (Å²) in [6.45, 7) is 6.72. The molecule has 4 rings (SSSR count). The summed E-state index contributed by atoms with van der Waals surface area (Å²) in [5, 5.41) is 9.42. The van der Waals surface area contributed by atoms with Crippen LogP contribution in [0.2, 0.25) is 0 Å². The molecular weight excluding hydrogens is 230 g/mol. The zero-order chi connectivity index (χ0) is 13.7. The Bertz CT molecular complexity index is 514. The predicted molar refractivity (Wildman–Crippen MR) is 78.1 cm³/mol. The fourth-order valence-electron chi connectivity index (χ4n) is 4.74. The molecule has 3 aliphatic rings. The Labute approximate surface area is 116 Å². The molecule has 1 aromatic carbocycles. The van der Waals surface area contributed by atoms with Crippen molar-refractivity contribution in [2.45, 2.75) is 64.7 Å². The summed E-state index contributed by atoms with van der Waals surface area (Å²) < 4.78 is 0. The van der Waals surface area contributed by atoms with E-state index in [1.807, 2.05) is 0 Å². The van der Waals surface area contributed by atoms with Gasteiger partial charge in [0.2, 0.25) is 0 Å². The van der Waals surface area contributed by atoms with Gasteiger partial charge in [-0.2, -0.15) is 5.26 Å². The molecule has 100 valence electrons. The van der Waals surface area contributed by atoms with Crippen molar-refractivity contribution in [3.63, 3.8) is 0 Å². The van der Waals surface area contributed by atoms with Gasteiger partial charge in [-0.3, -0.25) is 0 Å². The zero-order valence-electron chi connectivity index (χ0n) is 12.3. The van der Waals surface area contributed by atoms with Crippen molar-refractivity contribution < 1.29 is 0 Å². The Morgan fingerprint density at radius 1 is 0.895 bits per heavy atom. The number of benzene rings is 1. The second kappa shape index (κ2) is 4.10. The first-order valence-electron chi connectivity index (χ1n) is 7.50. The van der Waals surface area contributed by atoms with Crippen molar-refractivity contribution in [2.24, 2.45) is 5.41 Å². The maximum Gasteiger partial charge on any atom is 0.0689 e. The summed E-state index contributed by atoms with van der Waals surface area (Å²) >= 11 is 0. The van der Waals surface area contributed by atoms with Crippen LogP contribution < -0.4 is 0 Å². The Morgan fingerprint density at radius 2 is 1.37 bits per heavy atom. The number of hydrogen-bond acceptors (Lipinski definition) is 1. The van der Waals surface area contributed by atoms with Crippen molar-refractivity contribution in [3.8, 4) is 6.07 Å². The second-order valence-electron chi connectivity index (χ2n) is 6.95. The van der Waals surface area contributed by atoms with Gasteiger partial charge in [-0.1, -0.05) is 17.7 Å². The Kier molecular flexibility index (Phi) is 2.75. The van der Waals surface area contributed by atoms with Crippen molar-refractivity contribution in [1.82, 2.24) is 0 Å². The molecule has 0 aliphatic heterocycles. The van der Waals surface area contributed by atoms with E-state index >= 15 is 0 Å². The molecule has 0 saturated heterocycles. The minimum absolute atomic E-state index is 0.0221. The third-order valence-electron chi connectivity index (χ3n) is 5.69. The van der Waals surface area contributed by atoms with Crippen LogP contribution in [-0.2, 0) is 5.41 Å². The fraction of sp³-hybridized carbons (Fsp3) is 0.611. The van der Waals surface area contributed by atoms with Gasteiger partial charge in [0, 0.05) is 0 Å². The highest BCUT2D eigenvalue weighted by atomic mass is 14.5. The van der Waals surface area contributed by atoms with Crippen molar-refractivity contribution >= 4 is 0 Å². The van der Waals surface area contributed by atoms with Crippen LogP contribution in [0, 0.1) is 37.5 Å². The highest BCUT2D eigenvalue weighted by Gasteiger charge is 2.50. The topological polar surface area (TPSA) is 23.8 Å². The van der Waals surface area contributed by atoms with Gasteiger partial charge in [-0.25, -0.2) is 0 Å². The molecule has 0 amide bonds. The van der Waals surface area contributed by atoms with Gasteiger partial charge < -0.3 is 0 Å². The van der Waals surface area contributed by atoms with E-state index in [-0.39, 0.29) is 5.41 Å². The molecule has 3 saturated carbocycles. The normalized spacial score (nSPS) is 33.2. The van der Waals surface area contributed by atoms with Crippen LogP contribution in [-0.4, -0.2) is 0 Å². The van der Waals surface area contributed by atoms with Crippen LogP contribution in [0.3, 0.4) is 0 Å². The van der Waals surface area contributed by atoms with E-state index in [9.17, 15) is 5.26 Å². The van der Waals surface area contributed by atoms with Gasteiger partial charge in [-0.15, -0.1) is 0 Å². The van der Waals surface area contributed by atoms with Gasteiger partial charge in [0.1, 0.15) is 0 Å². The highest BCUT2D eigenvalue weighted by molar-refractivity contribution is 5.44. The van der Waals surface area contributed by atoms with Crippen molar-refractivity contribution in [2.75, 3.05) is 0 Å². The highest BCUT2D eigenvalue weighted by Crippen LogP contribution is 2.58. The number of aryl methyl sites for hydroxylation is 3. The Hall–Kier alpha value is -1.29. The maximum atomic E-state index is 9.42. The molecule has 2 bridgehead atoms. The lowest BCUT2D eigenvalue weighted by molar-refractivity contribution is 0.0840. The van der Waals surface area contributed by atoms with Crippen LogP contribution in [0.1, 0.15) is 60.8 Å². The summed E-state index contributed by atoms with van der Waals surface area (Å²) in [7, 11) is 0. The number of rotatable bonds is 1. The number of hydrogen-bond donors (Lipinski definition) is 0. The Balaban J connectivity index is 2.03. The number of nitriles is 1.